The number of hydrogen-bond donors (Lipinski definition) is 1. The number of anilines is 1. The number of allylic oxidation sites excluding steroid dienone is 1. The highest BCUT2D eigenvalue weighted by atomic mass is 32.2. The Labute approximate surface area is 230 Å². The maximum Gasteiger partial charge on any atom is 0.311 e. The molecule has 8 heteroatoms. The molecule has 0 aromatic heterocycles. The van der Waals surface area contributed by atoms with Crippen molar-refractivity contribution in [2.75, 3.05) is 31.2 Å². The lowest BCUT2D eigenvalue weighted by Crippen LogP contribution is -2.55. The van der Waals surface area contributed by atoms with E-state index in [4.69, 9.17) is 4.74 Å². The normalized spacial score (nSPS) is 29.3. The molecule has 4 rings (SSSR count). The van der Waals surface area contributed by atoms with Gasteiger partial charge in [-0.2, -0.15) is 0 Å². The van der Waals surface area contributed by atoms with Crippen LogP contribution in [0.25, 0.3) is 0 Å². The lowest BCUT2D eigenvalue weighted by Gasteiger charge is -2.37. The minimum absolute atomic E-state index is 0.0445. The second-order valence-corrected chi connectivity index (χ2v) is 12.9. The number of rotatable bonds is 12. The highest BCUT2D eigenvalue weighted by Gasteiger charge is 2.77. The molecule has 0 aliphatic carbocycles. The van der Waals surface area contributed by atoms with Gasteiger partial charge in [0.05, 0.1) is 29.8 Å². The van der Waals surface area contributed by atoms with Crippen LogP contribution >= 0.6 is 11.8 Å². The lowest BCUT2D eigenvalue weighted by molar-refractivity contribution is -0.155. The van der Waals surface area contributed by atoms with E-state index in [0.717, 1.165) is 42.5 Å². The molecule has 206 valence electrons. The topological polar surface area (TPSA) is 87.1 Å². The van der Waals surface area contributed by atoms with Crippen molar-refractivity contribution in [2.45, 2.75) is 68.4 Å². The summed E-state index contributed by atoms with van der Waals surface area (Å²) in [4.78, 5) is 45.1. The molecule has 3 aliphatic rings. The van der Waals surface area contributed by atoms with Crippen molar-refractivity contribution < 1.29 is 24.2 Å². The van der Waals surface area contributed by atoms with E-state index < -0.39 is 27.4 Å². The van der Waals surface area contributed by atoms with Gasteiger partial charge in [0.2, 0.25) is 5.91 Å². The number of aliphatic hydroxyl groups is 1. The summed E-state index contributed by atoms with van der Waals surface area (Å²) in [6.45, 7) is 14.0. The Morgan fingerprint density at radius 1 is 1.24 bits per heavy atom. The van der Waals surface area contributed by atoms with Crippen molar-refractivity contribution in [3.63, 3.8) is 0 Å². The zero-order valence-corrected chi connectivity index (χ0v) is 23.6. The Morgan fingerprint density at radius 2 is 2.00 bits per heavy atom. The fourth-order valence-corrected chi connectivity index (χ4v) is 9.00. The molecule has 0 radical (unpaired) electrons. The lowest BCUT2D eigenvalue weighted by atomic mass is 9.66. The Bertz CT molecular complexity index is 1120. The van der Waals surface area contributed by atoms with Gasteiger partial charge in [-0.05, 0) is 70.1 Å². The van der Waals surface area contributed by atoms with Gasteiger partial charge in [0.15, 0.2) is 0 Å². The third-order valence-corrected chi connectivity index (χ3v) is 10.4. The van der Waals surface area contributed by atoms with Crippen LogP contribution in [0.3, 0.4) is 0 Å². The fraction of sp³-hybridized carbons (Fsp3) is 0.567. The smallest absolute Gasteiger partial charge is 0.311 e. The van der Waals surface area contributed by atoms with Crippen LogP contribution in [0.4, 0.5) is 5.69 Å². The number of ether oxygens (including phenoxy) is 1. The average Bonchev–Trinajstić information content (AvgIpc) is 3.45. The largest absolute Gasteiger partial charge is 0.465 e. The second-order valence-electron chi connectivity index (χ2n) is 11.0. The molecule has 1 N–H and O–H groups in total. The molecule has 3 heterocycles. The number of benzene rings is 1. The number of β-amino-alcohol motifs (C(OH)–C–C–N with tert-alkyl or cyclic N) is 1. The maximum atomic E-state index is 14.5. The van der Waals surface area contributed by atoms with Crippen molar-refractivity contribution >= 4 is 35.2 Å². The van der Waals surface area contributed by atoms with E-state index in [9.17, 15) is 19.5 Å². The van der Waals surface area contributed by atoms with Gasteiger partial charge < -0.3 is 19.6 Å². The number of thioether (sulfide) groups is 1. The predicted molar refractivity (Wildman–Crippen MR) is 151 cm³/mol. The number of aryl methyl sites for hydroxylation is 2. The molecule has 3 saturated heterocycles. The number of likely N-dealkylation sites (tertiary alicyclic amines) is 1. The van der Waals surface area contributed by atoms with Crippen LogP contribution in [-0.2, 0) is 19.1 Å². The van der Waals surface area contributed by atoms with Crippen molar-refractivity contribution in [1.29, 1.82) is 0 Å². The number of aliphatic hydroxyl groups excluding tert-OH is 1. The van der Waals surface area contributed by atoms with Crippen LogP contribution in [0.1, 0.15) is 50.2 Å². The highest BCUT2D eigenvalue weighted by Crippen LogP contribution is 2.71. The van der Waals surface area contributed by atoms with E-state index >= 15 is 0 Å². The molecule has 7 nitrogen and oxygen atoms in total. The maximum absolute atomic E-state index is 14.5. The quantitative estimate of drug-likeness (QED) is 0.243. The first-order valence-corrected chi connectivity index (χ1v) is 14.4. The molecule has 2 bridgehead atoms. The molecular weight excluding hydrogens is 500 g/mol. The number of carbonyl (C=O) groups excluding carboxylic acids is 3. The molecule has 3 fully saturated rings. The van der Waals surface area contributed by atoms with Crippen LogP contribution in [-0.4, -0.2) is 69.6 Å². The molecule has 1 aromatic carbocycles. The number of carbonyl (C=O) groups is 3. The summed E-state index contributed by atoms with van der Waals surface area (Å²) in [5.41, 5.74) is 2.76. The van der Waals surface area contributed by atoms with Gasteiger partial charge in [-0.15, -0.1) is 24.9 Å². The van der Waals surface area contributed by atoms with E-state index in [1.807, 2.05) is 45.0 Å². The summed E-state index contributed by atoms with van der Waals surface area (Å²) < 4.78 is 4.47. The third-order valence-electron chi connectivity index (χ3n) is 8.39. The molecular formula is C30H40N2O5S. The standard InChI is InChI=1S/C30H40N2O5S/c1-6-8-9-10-18-37-28(36)24-23-26(34)32(16-17-33)25(30(23)14-13-29(24,5)38-30)27(35)31(15-7-2)22-19-20(3)11-12-21(22)4/h6-7,11-12,19,23-25,33H,1-2,8-10,13-18H2,3-5H3/t23-,24+,25?,29-,30?/m0/s1. The second kappa shape index (κ2) is 11.3. The van der Waals surface area contributed by atoms with Gasteiger partial charge in [-0.1, -0.05) is 24.3 Å². The van der Waals surface area contributed by atoms with Gasteiger partial charge in [0, 0.05) is 23.5 Å². The molecule has 1 spiro atoms. The Kier molecular flexibility index (Phi) is 8.43. The SMILES string of the molecule is C=CCCCCOC(=O)[C@H]1[C@H]2C(=O)N(CCO)C(C(=O)N(CC=C)c3cc(C)ccc3C)C23CC[C@]1(C)S3. The highest BCUT2D eigenvalue weighted by molar-refractivity contribution is 8.02. The molecule has 2 amide bonds. The minimum Gasteiger partial charge on any atom is -0.465 e. The molecule has 5 atom stereocenters. The van der Waals surface area contributed by atoms with E-state index in [2.05, 4.69) is 13.2 Å². The Hall–Kier alpha value is -2.58. The Morgan fingerprint density at radius 3 is 2.68 bits per heavy atom. The van der Waals surface area contributed by atoms with Gasteiger partial charge >= 0.3 is 5.97 Å². The summed E-state index contributed by atoms with van der Waals surface area (Å²) in [6.07, 6.45) is 7.40. The van der Waals surface area contributed by atoms with Gasteiger partial charge in [-0.3, -0.25) is 14.4 Å². The van der Waals surface area contributed by atoms with Crippen LogP contribution in [0, 0.1) is 25.7 Å². The van der Waals surface area contributed by atoms with Crippen LogP contribution in [0.15, 0.2) is 43.5 Å². The first-order valence-electron chi connectivity index (χ1n) is 13.5. The van der Waals surface area contributed by atoms with Crippen molar-refractivity contribution in [3.05, 3.63) is 54.6 Å². The zero-order valence-electron chi connectivity index (χ0n) is 22.8. The van der Waals surface area contributed by atoms with Crippen LogP contribution in [0.5, 0.6) is 0 Å². The molecule has 38 heavy (non-hydrogen) atoms. The monoisotopic (exact) mass is 540 g/mol. The number of nitrogens with zero attached hydrogens (tertiary/aromatic N) is 2. The van der Waals surface area contributed by atoms with Crippen molar-refractivity contribution in [2.24, 2.45) is 11.8 Å². The first kappa shape index (κ1) is 28.4. The third kappa shape index (κ3) is 4.70. The van der Waals surface area contributed by atoms with Gasteiger partial charge in [0.25, 0.3) is 5.91 Å². The molecule has 2 unspecified atom stereocenters. The fourth-order valence-electron chi connectivity index (χ4n) is 6.66. The summed E-state index contributed by atoms with van der Waals surface area (Å²) >= 11 is 1.61. The molecule has 0 saturated carbocycles. The van der Waals surface area contributed by atoms with E-state index in [0.29, 0.717) is 19.6 Å². The molecule has 3 aliphatic heterocycles. The number of amides is 2. The van der Waals surface area contributed by atoms with E-state index in [1.54, 1.807) is 22.7 Å². The summed E-state index contributed by atoms with van der Waals surface area (Å²) in [5.74, 6) is -2.06. The predicted octanol–water partition coefficient (Wildman–Crippen LogP) is 4.20. The van der Waals surface area contributed by atoms with Gasteiger partial charge in [-0.25, -0.2) is 0 Å². The van der Waals surface area contributed by atoms with Crippen molar-refractivity contribution in [1.82, 2.24) is 4.90 Å². The number of fused-ring (bicyclic) bond motifs is 1. The summed E-state index contributed by atoms with van der Waals surface area (Å²) in [5, 5.41) is 9.89. The Balaban J connectivity index is 1.70. The minimum atomic E-state index is -0.788. The summed E-state index contributed by atoms with van der Waals surface area (Å²) in [7, 11) is 0. The van der Waals surface area contributed by atoms with Crippen LogP contribution < -0.4 is 4.90 Å². The number of esters is 1. The van der Waals surface area contributed by atoms with Crippen LogP contribution in [0.2, 0.25) is 0 Å². The van der Waals surface area contributed by atoms with Gasteiger partial charge in [0.1, 0.15) is 6.04 Å². The molecule has 1 aromatic rings. The first-order chi connectivity index (χ1) is 18.1. The summed E-state index contributed by atoms with van der Waals surface area (Å²) in [6, 6.07) is 5.18. The number of hydrogen-bond acceptors (Lipinski definition) is 6. The zero-order chi connectivity index (χ0) is 27.7. The number of unbranched alkanes of at least 4 members (excludes halogenated alkanes) is 2. The van der Waals surface area contributed by atoms with E-state index in [1.165, 1.54) is 4.90 Å². The average molecular weight is 541 g/mol. The van der Waals surface area contributed by atoms with E-state index in [-0.39, 0.29) is 30.9 Å². The van der Waals surface area contributed by atoms with Crippen molar-refractivity contribution in [3.8, 4) is 0 Å².